The van der Waals surface area contributed by atoms with E-state index in [1.54, 1.807) is 11.3 Å². The van der Waals surface area contributed by atoms with Crippen LogP contribution in [0.2, 0.25) is 0 Å². The Morgan fingerprint density at radius 1 is 1.16 bits per heavy atom. The quantitative estimate of drug-likeness (QED) is 0.801. The van der Waals surface area contributed by atoms with Gasteiger partial charge in [-0.3, -0.25) is 9.80 Å². The Bertz CT molecular complexity index is 560. The van der Waals surface area contributed by atoms with Gasteiger partial charge >= 0.3 is 0 Å². The number of para-hydroxylation sites is 1. The fourth-order valence-corrected chi connectivity index (χ4v) is 3.39. The molecule has 3 rings (SSSR count). The van der Waals surface area contributed by atoms with Crippen molar-refractivity contribution in [2.45, 2.75) is 6.54 Å². The molecule has 0 unspecified atom stereocenters. The van der Waals surface area contributed by atoms with Gasteiger partial charge in [-0.05, 0) is 12.1 Å². The van der Waals surface area contributed by atoms with Crippen molar-refractivity contribution in [3.05, 3.63) is 29.3 Å². The van der Waals surface area contributed by atoms with Gasteiger partial charge in [0.15, 0.2) is 0 Å². The van der Waals surface area contributed by atoms with Crippen LogP contribution in [0.25, 0.3) is 10.2 Å². The standard InChI is InChI=1S/C14H16N4S/c15-5-6-17-7-9-18(10-8-17)11-14-16-12-3-1-2-4-13(12)19-14/h1-4H,6-11H2. The minimum atomic E-state index is 0.551. The van der Waals surface area contributed by atoms with Gasteiger partial charge in [0.25, 0.3) is 0 Å². The summed E-state index contributed by atoms with van der Waals surface area (Å²) in [5.41, 5.74) is 1.10. The molecule has 0 aliphatic carbocycles. The Balaban J connectivity index is 1.62. The van der Waals surface area contributed by atoms with Crippen LogP contribution in [-0.4, -0.2) is 47.5 Å². The second-order valence-corrected chi connectivity index (χ2v) is 5.90. The lowest BCUT2D eigenvalue weighted by Crippen LogP contribution is -2.45. The second-order valence-electron chi connectivity index (χ2n) is 4.79. The summed E-state index contributed by atoms with van der Waals surface area (Å²) < 4.78 is 1.26. The van der Waals surface area contributed by atoms with Gasteiger partial charge in [0.05, 0.1) is 29.4 Å². The molecule has 0 atom stereocenters. The molecule has 0 bridgehead atoms. The highest BCUT2D eigenvalue weighted by atomic mass is 32.1. The van der Waals surface area contributed by atoms with Crippen molar-refractivity contribution in [2.75, 3.05) is 32.7 Å². The van der Waals surface area contributed by atoms with E-state index in [2.05, 4.69) is 39.1 Å². The van der Waals surface area contributed by atoms with E-state index in [-0.39, 0.29) is 0 Å². The van der Waals surface area contributed by atoms with Gasteiger partial charge in [0.2, 0.25) is 0 Å². The lowest BCUT2D eigenvalue weighted by Gasteiger charge is -2.32. The summed E-state index contributed by atoms with van der Waals surface area (Å²) >= 11 is 1.78. The molecule has 1 aliphatic heterocycles. The molecule has 98 valence electrons. The molecule has 0 N–H and O–H groups in total. The molecule has 0 saturated carbocycles. The highest BCUT2D eigenvalue weighted by Crippen LogP contribution is 2.22. The first-order valence-electron chi connectivity index (χ1n) is 6.51. The maximum absolute atomic E-state index is 8.69. The molecule has 0 amide bonds. The van der Waals surface area contributed by atoms with Crippen molar-refractivity contribution in [1.29, 1.82) is 5.26 Å². The molecule has 4 nitrogen and oxygen atoms in total. The number of thiazole rings is 1. The molecule has 2 heterocycles. The van der Waals surface area contributed by atoms with Gasteiger partial charge in [-0.25, -0.2) is 4.98 Å². The normalized spacial score (nSPS) is 17.6. The maximum atomic E-state index is 8.69. The first kappa shape index (κ1) is 12.5. The molecule has 2 aromatic rings. The number of aromatic nitrogens is 1. The summed E-state index contributed by atoms with van der Waals surface area (Å²) in [7, 11) is 0. The molecule has 1 fully saturated rings. The summed E-state index contributed by atoms with van der Waals surface area (Å²) in [5, 5.41) is 9.88. The van der Waals surface area contributed by atoms with Gasteiger partial charge in [-0.1, -0.05) is 12.1 Å². The fraction of sp³-hybridized carbons (Fsp3) is 0.429. The molecule has 1 aromatic heterocycles. The molecule has 0 radical (unpaired) electrons. The van der Waals surface area contributed by atoms with Gasteiger partial charge < -0.3 is 0 Å². The molecular weight excluding hydrogens is 256 g/mol. The van der Waals surface area contributed by atoms with Crippen LogP contribution in [0.1, 0.15) is 5.01 Å². The van der Waals surface area contributed by atoms with E-state index in [1.165, 1.54) is 9.71 Å². The zero-order chi connectivity index (χ0) is 13.1. The Hall–Kier alpha value is -1.48. The second kappa shape index (κ2) is 5.66. The van der Waals surface area contributed by atoms with Crippen LogP contribution >= 0.6 is 11.3 Å². The van der Waals surface area contributed by atoms with Crippen LogP contribution < -0.4 is 0 Å². The Labute approximate surface area is 116 Å². The van der Waals surface area contributed by atoms with Crippen molar-refractivity contribution in [3.8, 4) is 6.07 Å². The predicted octanol–water partition coefficient (Wildman–Crippen LogP) is 1.94. The third-order valence-electron chi connectivity index (χ3n) is 3.46. The zero-order valence-corrected chi connectivity index (χ0v) is 11.6. The lowest BCUT2D eigenvalue weighted by molar-refractivity contribution is 0.138. The van der Waals surface area contributed by atoms with Gasteiger partial charge in [-0.2, -0.15) is 5.26 Å². The number of nitrogens with zero attached hydrogens (tertiary/aromatic N) is 4. The first-order valence-corrected chi connectivity index (χ1v) is 7.33. The van der Waals surface area contributed by atoms with Gasteiger partial charge in [0, 0.05) is 26.2 Å². The summed E-state index contributed by atoms with van der Waals surface area (Å²) in [5.74, 6) is 0. The SMILES string of the molecule is N#CCN1CCN(Cc2nc3ccccc3s2)CC1. The Kier molecular flexibility index (Phi) is 3.74. The average molecular weight is 272 g/mol. The van der Waals surface area contributed by atoms with E-state index < -0.39 is 0 Å². The molecule has 1 aliphatic rings. The summed E-state index contributed by atoms with van der Waals surface area (Å²) in [6, 6.07) is 10.5. The van der Waals surface area contributed by atoms with E-state index in [4.69, 9.17) is 5.26 Å². The summed E-state index contributed by atoms with van der Waals surface area (Å²) in [6.07, 6.45) is 0. The van der Waals surface area contributed by atoms with E-state index in [1.807, 2.05) is 6.07 Å². The Morgan fingerprint density at radius 2 is 1.89 bits per heavy atom. The zero-order valence-electron chi connectivity index (χ0n) is 10.7. The predicted molar refractivity (Wildman–Crippen MR) is 77.0 cm³/mol. The van der Waals surface area contributed by atoms with E-state index in [0.29, 0.717) is 6.54 Å². The van der Waals surface area contributed by atoms with Crippen molar-refractivity contribution in [1.82, 2.24) is 14.8 Å². The van der Waals surface area contributed by atoms with Crippen molar-refractivity contribution in [2.24, 2.45) is 0 Å². The number of piperazine rings is 1. The third-order valence-corrected chi connectivity index (χ3v) is 4.48. The molecular formula is C14H16N4S. The minimum absolute atomic E-state index is 0.551. The lowest BCUT2D eigenvalue weighted by atomic mass is 10.3. The first-order chi connectivity index (χ1) is 9.35. The van der Waals surface area contributed by atoms with Crippen molar-refractivity contribution >= 4 is 21.6 Å². The molecule has 1 saturated heterocycles. The number of hydrogen-bond acceptors (Lipinski definition) is 5. The summed E-state index contributed by atoms with van der Waals surface area (Å²) in [6.45, 7) is 5.50. The van der Waals surface area contributed by atoms with Crippen LogP contribution in [0.4, 0.5) is 0 Å². The van der Waals surface area contributed by atoms with Crippen LogP contribution in [0, 0.1) is 11.3 Å². The van der Waals surface area contributed by atoms with E-state index in [9.17, 15) is 0 Å². The fourth-order valence-electron chi connectivity index (χ4n) is 2.38. The number of hydrogen-bond donors (Lipinski definition) is 0. The molecule has 19 heavy (non-hydrogen) atoms. The number of rotatable bonds is 3. The number of fused-ring (bicyclic) bond motifs is 1. The smallest absolute Gasteiger partial charge is 0.108 e. The highest BCUT2D eigenvalue weighted by Gasteiger charge is 2.17. The van der Waals surface area contributed by atoms with E-state index in [0.717, 1.165) is 38.2 Å². The number of nitriles is 1. The van der Waals surface area contributed by atoms with Gasteiger partial charge in [-0.15, -0.1) is 11.3 Å². The van der Waals surface area contributed by atoms with Crippen molar-refractivity contribution < 1.29 is 0 Å². The topological polar surface area (TPSA) is 43.2 Å². The van der Waals surface area contributed by atoms with Crippen LogP contribution in [0.5, 0.6) is 0 Å². The Morgan fingerprint density at radius 3 is 2.63 bits per heavy atom. The van der Waals surface area contributed by atoms with Crippen molar-refractivity contribution in [3.63, 3.8) is 0 Å². The van der Waals surface area contributed by atoms with Crippen LogP contribution in [0.3, 0.4) is 0 Å². The monoisotopic (exact) mass is 272 g/mol. The molecule has 1 aromatic carbocycles. The van der Waals surface area contributed by atoms with Crippen LogP contribution in [0.15, 0.2) is 24.3 Å². The molecule has 0 spiro atoms. The third kappa shape index (κ3) is 2.92. The van der Waals surface area contributed by atoms with Gasteiger partial charge in [0.1, 0.15) is 5.01 Å². The summed E-state index contributed by atoms with van der Waals surface area (Å²) in [4.78, 5) is 9.30. The molecule has 5 heteroatoms. The minimum Gasteiger partial charge on any atom is -0.294 e. The highest BCUT2D eigenvalue weighted by molar-refractivity contribution is 7.18. The average Bonchev–Trinajstić information content (AvgIpc) is 2.83. The maximum Gasteiger partial charge on any atom is 0.108 e. The largest absolute Gasteiger partial charge is 0.294 e. The number of benzene rings is 1. The van der Waals surface area contributed by atoms with E-state index >= 15 is 0 Å². The van der Waals surface area contributed by atoms with Crippen LogP contribution in [-0.2, 0) is 6.54 Å².